The van der Waals surface area contributed by atoms with Crippen LogP contribution in [0, 0.1) is 17.0 Å². The van der Waals surface area contributed by atoms with Gasteiger partial charge in [-0.2, -0.15) is 0 Å². The number of hydrogen-bond donors (Lipinski definition) is 0. The molecule has 1 atom stereocenters. The number of benzene rings is 3. The molecular weight excluding hydrogens is 334 g/mol. The third kappa shape index (κ3) is 2.65. The molecule has 3 heteroatoms. The highest BCUT2D eigenvalue weighted by Gasteiger charge is 2.35. The van der Waals surface area contributed by atoms with Gasteiger partial charge in [-0.05, 0) is 33.4 Å². The van der Waals surface area contributed by atoms with E-state index in [1.54, 1.807) is 17.8 Å². The smallest absolute Gasteiger partial charge is 0.163 e. The lowest BCUT2D eigenvalue weighted by atomic mass is 9.71. The molecule has 0 bridgehead atoms. The van der Waals surface area contributed by atoms with Crippen LogP contribution in [0.5, 0.6) is 0 Å². The summed E-state index contributed by atoms with van der Waals surface area (Å²) in [4.78, 5) is 1.19. The average Bonchev–Trinajstić information content (AvgIpc) is 2.75. The zero-order valence-electron chi connectivity index (χ0n) is 14.6. The second-order valence-corrected chi connectivity index (χ2v) is 8.71. The lowest BCUT2D eigenvalue weighted by Crippen LogP contribution is -2.21. The third-order valence-corrected chi connectivity index (χ3v) is 6.17. The average molecular weight is 354 g/mol. The van der Waals surface area contributed by atoms with E-state index in [1.807, 2.05) is 12.1 Å². The quantitative estimate of drug-likeness (QED) is 0.423. The van der Waals surface area contributed by atoms with Crippen molar-refractivity contribution < 1.29 is 8.78 Å². The van der Waals surface area contributed by atoms with Gasteiger partial charge in [0.15, 0.2) is 11.6 Å². The molecule has 3 aromatic rings. The Balaban J connectivity index is 2.05. The van der Waals surface area contributed by atoms with Crippen LogP contribution < -0.4 is 0 Å². The van der Waals surface area contributed by atoms with E-state index < -0.39 is 11.6 Å². The van der Waals surface area contributed by atoms with Crippen molar-refractivity contribution in [3.8, 4) is 0 Å². The molecule has 4 rings (SSSR count). The molecule has 0 spiro atoms. The molecule has 0 N–H and O–H groups in total. The Morgan fingerprint density at radius 3 is 2.40 bits per heavy atom. The first kappa shape index (κ1) is 16.6. The maximum atomic E-state index is 14.6. The minimum absolute atomic E-state index is 0.0206. The van der Waals surface area contributed by atoms with Gasteiger partial charge in [0.25, 0.3) is 0 Å². The molecule has 25 heavy (non-hydrogen) atoms. The topological polar surface area (TPSA) is 0 Å². The molecule has 0 saturated carbocycles. The van der Waals surface area contributed by atoms with Gasteiger partial charge in [0.2, 0.25) is 0 Å². The van der Waals surface area contributed by atoms with Crippen molar-refractivity contribution in [1.29, 1.82) is 0 Å². The number of thioether (sulfide) groups is 1. The molecule has 1 heterocycles. The summed E-state index contributed by atoms with van der Waals surface area (Å²) >= 11 is 1.62. The highest BCUT2D eigenvalue weighted by atomic mass is 32.2. The van der Waals surface area contributed by atoms with Crippen LogP contribution in [-0.2, 0) is 5.75 Å². The largest absolute Gasteiger partial charge is 0.204 e. The van der Waals surface area contributed by atoms with Crippen molar-refractivity contribution in [2.45, 2.75) is 37.3 Å². The fourth-order valence-corrected chi connectivity index (χ4v) is 5.19. The Morgan fingerprint density at radius 2 is 1.64 bits per heavy atom. The maximum Gasteiger partial charge on any atom is 0.163 e. The lowest BCUT2D eigenvalue weighted by Gasteiger charge is -2.33. The van der Waals surface area contributed by atoms with Gasteiger partial charge < -0.3 is 0 Å². The van der Waals surface area contributed by atoms with E-state index in [0.717, 1.165) is 5.56 Å². The van der Waals surface area contributed by atoms with Crippen LogP contribution in [0.4, 0.5) is 8.78 Å². The van der Waals surface area contributed by atoms with Crippen LogP contribution in [0.1, 0.15) is 43.4 Å². The Kier molecular flexibility index (Phi) is 3.88. The van der Waals surface area contributed by atoms with E-state index in [0.29, 0.717) is 11.3 Å². The van der Waals surface area contributed by atoms with E-state index in [-0.39, 0.29) is 11.3 Å². The Morgan fingerprint density at radius 1 is 0.920 bits per heavy atom. The van der Waals surface area contributed by atoms with Crippen LogP contribution in [0.3, 0.4) is 0 Å². The summed E-state index contributed by atoms with van der Waals surface area (Å²) in [5.41, 5.74) is 2.51. The van der Waals surface area contributed by atoms with E-state index in [9.17, 15) is 8.78 Å². The number of rotatable bonds is 0. The maximum absolute atomic E-state index is 14.6. The van der Waals surface area contributed by atoms with Crippen molar-refractivity contribution in [2.75, 3.05) is 0 Å². The van der Waals surface area contributed by atoms with Crippen molar-refractivity contribution >= 4 is 22.5 Å². The SMILES string of the molecule is CC(C)(C)C1c2ccc(F)c(F)c2CSc2c1ccc1ccccc21. The molecule has 0 aromatic heterocycles. The fraction of sp³-hybridized carbons (Fsp3) is 0.273. The van der Waals surface area contributed by atoms with Gasteiger partial charge in [0, 0.05) is 22.1 Å². The summed E-state index contributed by atoms with van der Waals surface area (Å²) in [5, 5.41) is 2.37. The molecule has 1 aliphatic heterocycles. The third-order valence-electron chi connectivity index (χ3n) is 4.99. The van der Waals surface area contributed by atoms with Gasteiger partial charge in [-0.15, -0.1) is 11.8 Å². The summed E-state index contributed by atoms with van der Waals surface area (Å²) in [6.45, 7) is 6.49. The molecular formula is C22H20F2S. The highest BCUT2D eigenvalue weighted by molar-refractivity contribution is 7.98. The van der Waals surface area contributed by atoms with Gasteiger partial charge in [0.1, 0.15) is 0 Å². The first-order valence-electron chi connectivity index (χ1n) is 8.49. The first-order chi connectivity index (χ1) is 11.9. The molecule has 0 fully saturated rings. The number of fused-ring (bicyclic) bond motifs is 4. The Bertz CT molecular complexity index is 970. The van der Waals surface area contributed by atoms with Gasteiger partial charge in [-0.3, -0.25) is 0 Å². The molecule has 1 unspecified atom stereocenters. The van der Waals surface area contributed by atoms with Crippen molar-refractivity contribution in [2.24, 2.45) is 5.41 Å². The van der Waals surface area contributed by atoms with Crippen LogP contribution >= 0.6 is 11.8 Å². The van der Waals surface area contributed by atoms with Gasteiger partial charge in [-0.1, -0.05) is 63.2 Å². The number of halogens is 2. The first-order valence-corrected chi connectivity index (χ1v) is 9.47. The van der Waals surface area contributed by atoms with E-state index in [2.05, 4.69) is 45.0 Å². The zero-order valence-corrected chi connectivity index (χ0v) is 15.4. The molecule has 0 aliphatic carbocycles. The predicted molar refractivity (Wildman–Crippen MR) is 101 cm³/mol. The van der Waals surface area contributed by atoms with Gasteiger partial charge >= 0.3 is 0 Å². The van der Waals surface area contributed by atoms with Gasteiger partial charge in [0.05, 0.1) is 0 Å². The fourth-order valence-electron chi connectivity index (χ4n) is 3.92. The monoisotopic (exact) mass is 354 g/mol. The molecule has 0 saturated heterocycles. The molecule has 0 radical (unpaired) electrons. The van der Waals surface area contributed by atoms with Gasteiger partial charge in [-0.25, -0.2) is 8.78 Å². The van der Waals surface area contributed by atoms with Crippen LogP contribution in [-0.4, -0.2) is 0 Å². The van der Waals surface area contributed by atoms with Crippen molar-refractivity contribution in [3.05, 3.63) is 76.9 Å². The van der Waals surface area contributed by atoms with Crippen LogP contribution in [0.15, 0.2) is 53.4 Å². The van der Waals surface area contributed by atoms with E-state index >= 15 is 0 Å². The van der Waals surface area contributed by atoms with E-state index in [1.165, 1.54) is 27.3 Å². The summed E-state index contributed by atoms with van der Waals surface area (Å²) < 4.78 is 28.4. The second-order valence-electron chi connectivity index (χ2n) is 7.72. The summed E-state index contributed by atoms with van der Waals surface area (Å²) in [7, 11) is 0. The zero-order chi connectivity index (χ0) is 17.8. The molecule has 0 amide bonds. The standard InChI is InChI=1S/C22H20F2S/c1-22(2,3)19-15-10-11-18(23)20(24)17(15)12-25-21-14-7-5-4-6-13(14)8-9-16(19)21/h4-11,19H,12H2,1-3H3. The summed E-state index contributed by atoms with van der Waals surface area (Å²) in [6.07, 6.45) is 0. The summed E-state index contributed by atoms with van der Waals surface area (Å²) in [6, 6.07) is 15.6. The predicted octanol–water partition coefficient (Wildman–Crippen LogP) is 6.90. The Hall–Kier alpha value is -1.87. The molecule has 0 nitrogen and oxygen atoms in total. The molecule has 1 aliphatic rings. The van der Waals surface area contributed by atoms with Crippen molar-refractivity contribution in [1.82, 2.24) is 0 Å². The van der Waals surface area contributed by atoms with Crippen molar-refractivity contribution in [3.63, 3.8) is 0 Å². The minimum Gasteiger partial charge on any atom is -0.204 e. The highest BCUT2D eigenvalue weighted by Crippen LogP contribution is 2.50. The Labute approximate surface area is 151 Å². The summed E-state index contributed by atoms with van der Waals surface area (Å²) in [5.74, 6) is -0.988. The lowest BCUT2D eigenvalue weighted by molar-refractivity contribution is 0.353. The second kappa shape index (κ2) is 5.84. The van der Waals surface area contributed by atoms with E-state index in [4.69, 9.17) is 0 Å². The minimum atomic E-state index is -0.761. The normalized spacial score (nSPS) is 17.1. The molecule has 128 valence electrons. The van der Waals surface area contributed by atoms with Crippen LogP contribution in [0.2, 0.25) is 0 Å². The number of hydrogen-bond acceptors (Lipinski definition) is 1. The van der Waals surface area contributed by atoms with Crippen LogP contribution in [0.25, 0.3) is 10.8 Å². The molecule has 3 aromatic carbocycles.